The van der Waals surface area contributed by atoms with E-state index < -0.39 is 5.60 Å². The molecule has 0 saturated carbocycles. The second-order valence-electron chi connectivity index (χ2n) is 6.99. The molecule has 0 fully saturated rings. The van der Waals surface area contributed by atoms with Crippen LogP contribution in [0, 0.1) is 0 Å². The summed E-state index contributed by atoms with van der Waals surface area (Å²) in [5.41, 5.74) is 1.40. The van der Waals surface area contributed by atoms with Gasteiger partial charge in [0.25, 0.3) is 0 Å². The summed E-state index contributed by atoms with van der Waals surface area (Å²) in [6.45, 7) is 9.29. The second kappa shape index (κ2) is 7.91. The Morgan fingerprint density at radius 1 is 1.24 bits per heavy atom. The average Bonchev–Trinajstić information content (AvgIpc) is 2.88. The fourth-order valence-electron chi connectivity index (χ4n) is 2.63. The SMILES string of the molecule is CCN(CCn1ccc2ccc(CC(=O)Cl)cc21)C(=O)OC(C)(C)C. The molecule has 2 rings (SSSR count). The Bertz CT molecular complexity index is 762. The van der Waals surface area contributed by atoms with Gasteiger partial charge in [0.05, 0.1) is 0 Å². The molecule has 0 radical (unpaired) electrons. The molecule has 6 heteroatoms. The molecule has 0 aliphatic carbocycles. The third kappa shape index (κ3) is 5.49. The number of likely N-dealkylation sites (N-methyl/N-ethyl adjacent to an activating group) is 1. The zero-order chi connectivity index (χ0) is 18.6. The fraction of sp³-hybridized carbons (Fsp3) is 0.474. The quantitative estimate of drug-likeness (QED) is 0.721. The van der Waals surface area contributed by atoms with Crippen molar-refractivity contribution in [2.24, 2.45) is 0 Å². The highest BCUT2D eigenvalue weighted by Gasteiger charge is 2.21. The van der Waals surface area contributed by atoms with Gasteiger partial charge in [0.1, 0.15) is 5.60 Å². The van der Waals surface area contributed by atoms with Gasteiger partial charge in [-0.1, -0.05) is 12.1 Å². The zero-order valence-corrected chi connectivity index (χ0v) is 16.0. The summed E-state index contributed by atoms with van der Waals surface area (Å²) in [5.74, 6) is 0. The molecular formula is C19H25ClN2O3. The number of halogens is 1. The second-order valence-corrected chi connectivity index (χ2v) is 7.42. The maximum atomic E-state index is 12.2. The Morgan fingerprint density at radius 2 is 1.96 bits per heavy atom. The molecule has 0 bridgehead atoms. The van der Waals surface area contributed by atoms with E-state index in [4.69, 9.17) is 16.3 Å². The van der Waals surface area contributed by atoms with Crippen molar-refractivity contribution in [3.8, 4) is 0 Å². The highest BCUT2D eigenvalue weighted by atomic mass is 35.5. The first-order valence-corrected chi connectivity index (χ1v) is 8.81. The number of hydrogen-bond acceptors (Lipinski definition) is 3. The van der Waals surface area contributed by atoms with Gasteiger partial charge < -0.3 is 14.2 Å². The molecule has 0 spiro atoms. The summed E-state index contributed by atoms with van der Waals surface area (Å²) >= 11 is 5.48. The Balaban J connectivity index is 2.11. The highest BCUT2D eigenvalue weighted by Crippen LogP contribution is 2.19. The van der Waals surface area contributed by atoms with Crippen LogP contribution in [0.5, 0.6) is 0 Å². The van der Waals surface area contributed by atoms with E-state index in [9.17, 15) is 9.59 Å². The monoisotopic (exact) mass is 364 g/mol. The fourth-order valence-corrected chi connectivity index (χ4v) is 2.78. The first-order valence-electron chi connectivity index (χ1n) is 8.43. The van der Waals surface area contributed by atoms with Gasteiger partial charge >= 0.3 is 6.09 Å². The van der Waals surface area contributed by atoms with Crippen LogP contribution in [0.3, 0.4) is 0 Å². The number of nitrogens with zero attached hydrogens (tertiary/aromatic N) is 2. The van der Waals surface area contributed by atoms with E-state index in [1.165, 1.54) is 0 Å². The molecule has 0 unspecified atom stereocenters. The molecule has 0 aliphatic rings. The van der Waals surface area contributed by atoms with Crippen LogP contribution in [0.1, 0.15) is 33.3 Å². The Morgan fingerprint density at radius 3 is 2.56 bits per heavy atom. The molecule has 0 aliphatic heterocycles. The third-order valence-electron chi connectivity index (χ3n) is 3.83. The van der Waals surface area contributed by atoms with Crippen LogP contribution in [0.4, 0.5) is 4.79 Å². The largest absolute Gasteiger partial charge is 0.444 e. The van der Waals surface area contributed by atoms with Crippen LogP contribution >= 0.6 is 11.6 Å². The van der Waals surface area contributed by atoms with Gasteiger partial charge in [-0.05, 0) is 62.4 Å². The molecule has 0 atom stereocenters. The van der Waals surface area contributed by atoms with E-state index in [2.05, 4.69) is 4.57 Å². The number of ether oxygens (including phenoxy) is 1. The lowest BCUT2D eigenvalue weighted by molar-refractivity contribution is -0.111. The van der Waals surface area contributed by atoms with Crippen molar-refractivity contribution >= 4 is 33.8 Å². The smallest absolute Gasteiger partial charge is 0.410 e. The highest BCUT2D eigenvalue weighted by molar-refractivity contribution is 6.63. The van der Waals surface area contributed by atoms with Crippen LogP contribution in [-0.4, -0.2) is 39.5 Å². The summed E-state index contributed by atoms with van der Waals surface area (Å²) in [5, 5.41) is 0.714. The van der Waals surface area contributed by atoms with Gasteiger partial charge in [0.2, 0.25) is 5.24 Å². The number of fused-ring (bicyclic) bond motifs is 1. The molecule has 5 nitrogen and oxygen atoms in total. The summed E-state index contributed by atoms with van der Waals surface area (Å²) in [6, 6.07) is 7.88. The Hall–Kier alpha value is -2.01. The average molecular weight is 365 g/mol. The number of aromatic nitrogens is 1. The van der Waals surface area contributed by atoms with E-state index in [0.717, 1.165) is 16.5 Å². The molecule has 0 saturated heterocycles. The number of rotatable bonds is 6. The van der Waals surface area contributed by atoms with Crippen molar-refractivity contribution in [2.45, 2.75) is 46.3 Å². The molecular weight excluding hydrogens is 340 g/mol. The van der Waals surface area contributed by atoms with Crippen LogP contribution in [0.2, 0.25) is 0 Å². The van der Waals surface area contributed by atoms with Gasteiger partial charge in [0.15, 0.2) is 0 Å². The van der Waals surface area contributed by atoms with Gasteiger partial charge in [-0.25, -0.2) is 4.79 Å². The maximum Gasteiger partial charge on any atom is 0.410 e. The van der Waals surface area contributed by atoms with Crippen molar-refractivity contribution in [2.75, 3.05) is 13.1 Å². The minimum absolute atomic E-state index is 0.210. The Kier molecular flexibility index (Phi) is 6.11. The van der Waals surface area contributed by atoms with Crippen LogP contribution in [0.25, 0.3) is 10.9 Å². The molecule has 1 aromatic carbocycles. The number of amides is 1. The predicted molar refractivity (Wildman–Crippen MR) is 100.0 cm³/mol. The molecule has 0 N–H and O–H groups in total. The van der Waals surface area contributed by atoms with Crippen LogP contribution in [-0.2, 0) is 22.5 Å². The topological polar surface area (TPSA) is 51.5 Å². The molecule has 2 aromatic rings. The standard InChI is InChI=1S/C19H25ClN2O3/c1-5-21(18(24)25-19(2,3)4)10-11-22-9-8-15-7-6-14(12-16(15)22)13-17(20)23/h6-9,12H,5,10-11,13H2,1-4H3. The number of carbonyl (C=O) groups excluding carboxylic acids is 2. The zero-order valence-electron chi connectivity index (χ0n) is 15.2. The van der Waals surface area contributed by atoms with Crippen LogP contribution < -0.4 is 0 Å². The minimum Gasteiger partial charge on any atom is -0.444 e. The normalized spacial score (nSPS) is 11.6. The van der Waals surface area contributed by atoms with E-state index in [1.54, 1.807) is 4.90 Å². The third-order valence-corrected chi connectivity index (χ3v) is 3.96. The lowest BCUT2D eigenvalue weighted by Crippen LogP contribution is -2.38. The van der Waals surface area contributed by atoms with Crippen molar-refractivity contribution < 1.29 is 14.3 Å². The minimum atomic E-state index is -0.506. The van der Waals surface area contributed by atoms with Gasteiger partial charge in [-0.3, -0.25) is 4.79 Å². The number of hydrogen-bond donors (Lipinski definition) is 0. The van der Waals surface area contributed by atoms with Crippen molar-refractivity contribution in [1.29, 1.82) is 0 Å². The van der Waals surface area contributed by atoms with Crippen molar-refractivity contribution in [3.63, 3.8) is 0 Å². The molecule has 1 aromatic heterocycles. The molecule has 1 heterocycles. The molecule has 1 amide bonds. The van der Waals surface area contributed by atoms with E-state index in [-0.39, 0.29) is 17.8 Å². The summed E-state index contributed by atoms with van der Waals surface area (Å²) in [7, 11) is 0. The summed E-state index contributed by atoms with van der Waals surface area (Å²) in [6.07, 6.45) is 1.89. The van der Waals surface area contributed by atoms with E-state index in [0.29, 0.717) is 19.6 Å². The maximum absolute atomic E-state index is 12.2. The number of benzene rings is 1. The summed E-state index contributed by atoms with van der Waals surface area (Å²) in [4.78, 5) is 25.0. The summed E-state index contributed by atoms with van der Waals surface area (Å²) < 4.78 is 7.51. The van der Waals surface area contributed by atoms with Crippen LogP contribution in [0.15, 0.2) is 30.5 Å². The van der Waals surface area contributed by atoms with Crippen molar-refractivity contribution in [1.82, 2.24) is 9.47 Å². The first-order chi connectivity index (χ1) is 11.7. The van der Waals surface area contributed by atoms with Crippen molar-refractivity contribution in [3.05, 3.63) is 36.0 Å². The lowest BCUT2D eigenvalue weighted by atomic mass is 10.1. The van der Waals surface area contributed by atoms with Gasteiger partial charge in [-0.2, -0.15) is 0 Å². The van der Waals surface area contributed by atoms with E-state index in [1.807, 2.05) is 58.2 Å². The predicted octanol–water partition coefficient (Wildman–Crippen LogP) is 4.21. The number of carbonyl (C=O) groups is 2. The van der Waals surface area contributed by atoms with E-state index >= 15 is 0 Å². The lowest BCUT2D eigenvalue weighted by Gasteiger charge is -2.26. The molecule has 136 valence electrons. The first kappa shape index (κ1) is 19.3. The van der Waals surface area contributed by atoms with Gasteiger partial charge in [-0.15, -0.1) is 0 Å². The molecule has 25 heavy (non-hydrogen) atoms. The Labute approximate surface area is 153 Å². The van der Waals surface area contributed by atoms with Gasteiger partial charge in [0, 0.05) is 37.8 Å².